The highest BCUT2D eigenvalue weighted by molar-refractivity contribution is 7.89. The second kappa shape index (κ2) is 8.76. The Labute approximate surface area is 183 Å². The first-order valence-corrected chi connectivity index (χ1v) is 12.2. The topological polar surface area (TPSA) is 105 Å². The summed E-state index contributed by atoms with van der Waals surface area (Å²) in [6, 6.07) is 3.68. The van der Waals surface area contributed by atoms with Crippen LogP contribution in [0, 0.1) is 11.8 Å². The van der Waals surface area contributed by atoms with Crippen molar-refractivity contribution >= 4 is 26.7 Å². The van der Waals surface area contributed by atoms with E-state index in [2.05, 4.69) is 14.9 Å². The summed E-state index contributed by atoms with van der Waals surface area (Å²) < 4.78 is 36.7. The summed E-state index contributed by atoms with van der Waals surface area (Å²) in [6.07, 6.45) is 2.39. The number of sulfonamides is 1. The van der Waals surface area contributed by atoms with Gasteiger partial charge in [-0.1, -0.05) is 6.92 Å². The van der Waals surface area contributed by atoms with E-state index in [4.69, 9.17) is 9.47 Å². The fourth-order valence-corrected chi connectivity index (χ4v) is 6.40. The molecule has 2 aliphatic rings. The summed E-state index contributed by atoms with van der Waals surface area (Å²) in [5, 5.41) is 11.8. The third-order valence-corrected chi connectivity index (χ3v) is 8.40. The van der Waals surface area contributed by atoms with Crippen LogP contribution in [0.25, 0.3) is 10.9 Å². The van der Waals surface area contributed by atoms with Crippen LogP contribution in [-0.4, -0.2) is 80.1 Å². The average molecular weight is 451 g/mol. The van der Waals surface area contributed by atoms with Gasteiger partial charge in [-0.25, -0.2) is 22.7 Å². The number of aliphatic hydroxyl groups excluding tert-OH is 1. The van der Waals surface area contributed by atoms with Crippen LogP contribution < -0.4 is 14.4 Å². The lowest BCUT2D eigenvalue weighted by atomic mass is 9.83. The molecule has 2 aliphatic heterocycles. The Kier molecular flexibility index (Phi) is 6.23. The van der Waals surface area contributed by atoms with Crippen LogP contribution in [0.4, 0.5) is 5.82 Å². The molecule has 0 saturated carbocycles. The second-order valence-electron chi connectivity index (χ2n) is 8.39. The molecule has 1 aromatic carbocycles. The molecule has 10 heteroatoms. The molecule has 1 N–H and O–H groups in total. The second-order valence-corrected chi connectivity index (χ2v) is 10.5. The van der Waals surface area contributed by atoms with Gasteiger partial charge >= 0.3 is 0 Å². The molecule has 9 nitrogen and oxygen atoms in total. The summed E-state index contributed by atoms with van der Waals surface area (Å²) in [5.41, 5.74) is 0.742. The largest absolute Gasteiger partial charge is 0.493 e. The van der Waals surface area contributed by atoms with Gasteiger partial charge in [0.25, 0.3) is 0 Å². The first-order chi connectivity index (χ1) is 14.8. The predicted molar refractivity (Wildman–Crippen MR) is 118 cm³/mol. The molecule has 170 valence electrons. The molecule has 2 saturated heterocycles. The van der Waals surface area contributed by atoms with Crippen molar-refractivity contribution in [3.63, 3.8) is 0 Å². The number of nitrogens with zero attached hydrogens (tertiary/aromatic N) is 4. The van der Waals surface area contributed by atoms with Gasteiger partial charge in [0.15, 0.2) is 11.5 Å². The zero-order valence-corrected chi connectivity index (χ0v) is 19.0. The number of fused-ring (bicyclic) bond motifs is 1. The molecule has 0 aliphatic carbocycles. The number of rotatable bonds is 6. The Morgan fingerprint density at radius 2 is 1.94 bits per heavy atom. The van der Waals surface area contributed by atoms with Crippen molar-refractivity contribution in [1.82, 2.24) is 14.3 Å². The first kappa shape index (κ1) is 22.0. The number of ether oxygens (including phenoxy) is 2. The van der Waals surface area contributed by atoms with Gasteiger partial charge in [0.1, 0.15) is 12.1 Å². The van der Waals surface area contributed by atoms with E-state index in [1.165, 1.54) is 6.33 Å². The summed E-state index contributed by atoms with van der Waals surface area (Å²) in [6.45, 7) is 4.24. The lowest BCUT2D eigenvalue weighted by Gasteiger charge is -2.40. The number of β-amino-alcohol motifs (C(OH)–C–C–N with tert-alkyl or cyclic N) is 1. The van der Waals surface area contributed by atoms with Crippen LogP contribution in [0.5, 0.6) is 11.5 Å². The summed E-state index contributed by atoms with van der Waals surface area (Å²) >= 11 is 0. The van der Waals surface area contributed by atoms with Gasteiger partial charge in [0, 0.05) is 37.6 Å². The molecule has 1 aromatic heterocycles. The SMILES string of the molecule is COc1cc2ncnc(N3CC[C@@H](C(C)CN4CCCS4(=O)=O)[C@H](O)C3)c2cc1OC. The number of aliphatic hydroxyl groups is 1. The van der Waals surface area contributed by atoms with Crippen molar-refractivity contribution in [3.8, 4) is 11.5 Å². The van der Waals surface area contributed by atoms with E-state index in [9.17, 15) is 13.5 Å². The minimum absolute atomic E-state index is 0.0368. The third kappa shape index (κ3) is 4.28. The Hall–Kier alpha value is -2.17. The van der Waals surface area contributed by atoms with E-state index < -0.39 is 16.1 Å². The highest BCUT2D eigenvalue weighted by atomic mass is 32.2. The van der Waals surface area contributed by atoms with Gasteiger partial charge in [-0.2, -0.15) is 0 Å². The highest BCUT2D eigenvalue weighted by Crippen LogP contribution is 2.36. The molecule has 2 fully saturated rings. The van der Waals surface area contributed by atoms with E-state index in [-0.39, 0.29) is 17.6 Å². The Morgan fingerprint density at radius 1 is 1.19 bits per heavy atom. The summed E-state index contributed by atoms with van der Waals surface area (Å²) in [5.74, 6) is 2.30. The number of aromatic nitrogens is 2. The van der Waals surface area contributed by atoms with E-state index in [1.807, 2.05) is 19.1 Å². The monoisotopic (exact) mass is 450 g/mol. The molecule has 0 bridgehead atoms. The molecule has 1 unspecified atom stereocenters. The lowest BCUT2D eigenvalue weighted by Crippen LogP contribution is -2.48. The number of methoxy groups -OCH3 is 2. The van der Waals surface area contributed by atoms with Gasteiger partial charge in [-0.15, -0.1) is 0 Å². The van der Waals surface area contributed by atoms with Gasteiger partial charge in [-0.05, 0) is 30.7 Å². The van der Waals surface area contributed by atoms with E-state index >= 15 is 0 Å². The van der Waals surface area contributed by atoms with E-state index in [0.717, 1.165) is 29.7 Å². The molecule has 2 aromatic rings. The minimum atomic E-state index is -3.13. The molecule has 0 radical (unpaired) electrons. The molecule has 31 heavy (non-hydrogen) atoms. The van der Waals surface area contributed by atoms with Gasteiger partial charge in [0.05, 0.1) is 31.6 Å². The van der Waals surface area contributed by atoms with Crippen molar-refractivity contribution < 1.29 is 23.0 Å². The molecular formula is C21H30N4O5S. The third-order valence-electron chi connectivity index (χ3n) is 6.48. The van der Waals surface area contributed by atoms with Crippen LogP contribution in [0.2, 0.25) is 0 Å². The fourth-order valence-electron chi connectivity index (χ4n) is 4.78. The maximum atomic E-state index is 12.1. The zero-order chi connectivity index (χ0) is 22.2. The Morgan fingerprint density at radius 3 is 2.58 bits per heavy atom. The van der Waals surface area contributed by atoms with Crippen LogP contribution >= 0.6 is 0 Å². The number of piperidine rings is 1. The number of anilines is 1. The molecule has 3 atom stereocenters. The first-order valence-electron chi connectivity index (χ1n) is 10.6. The summed E-state index contributed by atoms with van der Waals surface area (Å²) in [4.78, 5) is 10.9. The summed E-state index contributed by atoms with van der Waals surface area (Å²) in [7, 11) is 0.0459. The Bertz CT molecular complexity index is 1050. The molecular weight excluding hydrogens is 420 g/mol. The van der Waals surface area contributed by atoms with Gasteiger partial charge < -0.3 is 19.5 Å². The molecule has 0 amide bonds. The van der Waals surface area contributed by atoms with Crippen molar-refractivity contribution in [2.45, 2.75) is 25.9 Å². The van der Waals surface area contributed by atoms with Crippen LogP contribution in [0.1, 0.15) is 19.8 Å². The minimum Gasteiger partial charge on any atom is -0.493 e. The maximum Gasteiger partial charge on any atom is 0.214 e. The predicted octanol–water partition coefficient (Wildman–Crippen LogP) is 1.51. The van der Waals surface area contributed by atoms with Crippen molar-refractivity contribution in [3.05, 3.63) is 18.5 Å². The lowest BCUT2D eigenvalue weighted by molar-refractivity contribution is 0.0571. The number of hydrogen-bond donors (Lipinski definition) is 1. The fraction of sp³-hybridized carbons (Fsp3) is 0.619. The smallest absolute Gasteiger partial charge is 0.214 e. The molecule has 0 spiro atoms. The standard InChI is InChI=1S/C21H30N4O5S/c1-14(11-25-6-4-8-31(25,27)28)15-5-7-24(12-18(15)26)21-16-9-19(29-2)20(30-3)10-17(16)22-13-23-21/h9-10,13-15,18,26H,4-8,11-12H2,1-3H3/t14?,15-,18+/m0/s1. The van der Waals surface area contributed by atoms with E-state index in [0.29, 0.717) is 37.6 Å². The maximum absolute atomic E-state index is 12.1. The van der Waals surface area contributed by atoms with Crippen molar-refractivity contribution in [2.24, 2.45) is 11.8 Å². The number of hydrogen-bond acceptors (Lipinski definition) is 8. The average Bonchev–Trinajstić information content (AvgIpc) is 3.09. The van der Waals surface area contributed by atoms with Crippen LogP contribution in [0.15, 0.2) is 18.5 Å². The van der Waals surface area contributed by atoms with E-state index in [1.54, 1.807) is 18.5 Å². The Balaban J connectivity index is 1.51. The normalized spacial score (nSPS) is 25.0. The molecule has 4 rings (SSSR count). The van der Waals surface area contributed by atoms with Gasteiger partial charge in [0.2, 0.25) is 10.0 Å². The van der Waals surface area contributed by atoms with Crippen LogP contribution in [-0.2, 0) is 10.0 Å². The zero-order valence-electron chi connectivity index (χ0n) is 18.2. The quantitative estimate of drug-likeness (QED) is 0.706. The highest BCUT2D eigenvalue weighted by Gasteiger charge is 2.36. The number of benzene rings is 1. The van der Waals surface area contributed by atoms with Crippen molar-refractivity contribution in [2.75, 3.05) is 51.1 Å². The molecule has 3 heterocycles. The van der Waals surface area contributed by atoms with Crippen molar-refractivity contribution in [1.29, 1.82) is 0 Å². The van der Waals surface area contributed by atoms with Crippen LogP contribution in [0.3, 0.4) is 0 Å². The van der Waals surface area contributed by atoms with Gasteiger partial charge in [-0.3, -0.25) is 0 Å².